The Kier molecular flexibility index (Phi) is 12.5. The van der Waals surface area contributed by atoms with E-state index in [2.05, 4.69) is 44.0 Å². The largest absolute Gasteiger partial charge is 0.359 e. The lowest BCUT2D eigenvalue weighted by Crippen LogP contribution is -2.30. The molecule has 10 heteroatoms. The lowest BCUT2D eigenvalue weighted by Gasteiger charge is -2.30. The van der Waals surface area contributed by atoms with Crippen LogP contribution in [0.2, 0.25) is 0 Å². The van der Waals surface area contributed by atoms with Gasteiger partial charge >= 0.3 is 0 Å². The number of anilines is 1. The molecule has 1 amide bonds. The molecule has 5 N–H and O–H groups in total. The van der Waals surface area contributed by atoms with Crippen molar-refractivity contribution in [3.05, 3.63) is 101 Å². The lowest BCUT2D eigenvalue weighted by atomic mass is 9.92. The van der Waals surface area contributed by atoms with Gasteiger partial charge in [0.15, 0.2) is 0 Å². The zero-order valence-corrected chi connectivity index (χ0v) is 25.6. The van der Waals surface area contributed by atoms with Gasteiger partial charge in [0.1, 0.15) is 18.4 Å². The van der Waals surface area contributed by atoms with Crippen molar-refractivity contribution < 1.29 is 14.3 Å². The van der Waals surface area contributed by atoms with Gasteiger partial charge in [-0.25, -0.2) is 9.97 Å². The van der Waals surface area contributed by atoms with Crippen LogP contribution in [0.15, 0.2) is 61.2 Å². The SMILES string of the molecule is CCCc1c(CN)ccc(NC(=O)c2ccc(CN(Cc3ncc[nH]3)C(CCOCOC)c3ncc[nH]3)cc2)c1CCC. The van der Waals surface area contributed by atoms with Crippen molar-refractivity contribution in [2.24, 2.45) is 5.73 Å². The Bertz CT molecular complexity index is 1370. The summed E-state index contributed by atoms with van der Waals surface area (Å²) in [6.45, 7) is 6.80. The maximum Gasteiger partial charge on any atom is 0.255 e. The van der Waals surface area contributed by atoms with Crippen molar-refractivity contribution in [3.8, 4) is 0 Å². The first-order valence-corrected chi connectivity index (χ1v) is 15.1. The maximum atomic E-state index is 13.4. The van der Waals surface area contributed by atoms with E-state index in [4.69, 9.17) is 15.2 Å². The summed E-state index contributed by atoms with van der Waals surface area (Å²) >= 11 is 0. The minimum absolute atomic E-state index is 0.0503. The number of nitrogens with zero attached hydrogens (tertiary/aromatic N) is 3. The van der Waals surface area contributed by atoms with Gasteiger partial charge in [-0.3, -0.25) is 9.69 Å². The van der Waals surface area contributed by atoms with Crippen molar-refractivity contribution in [1.82, 2.24) is 24.8 Å². The summed E-state index contributed by atoms with van der Waals surface area (Å²) in [4.78, 5) is 31.2. The van der Waals surface area contributed by atoms with Crippen LogP contribution in [-0.4, -0.2) is 51.3 Å². The van der Waals surface area contributed by atoms with E-state index in [9.17, 15) is 4.79 Å². The van der Waals surface area contributed by atoms with Crippen LogP contribution in [0, 0.1) is 0 Å². The highest BCUT2D eigenvalue weighted by atomic mass is 16.7. The fourth-order valence-corrected chi connectivity index (χ4v) is 5.48. The molecule has 230 valence electrons. The highest BCUT2D eigenvalue weighted by Gasteiger charge is 2.24. The molecule has 10 nitrogen and oxygen atoms in total. The van der Waals surface area contributed by atoms with Gasteiger partial charge < -0.3 is 30.5 Å². The number of hydrogen-bond donors (Lipinski definition) is 4. The number of methoxy groups -OCH3 is 1. The van der Waals surface area contributed by atoms with Crippen molar-refractivity contribution in [1.29, 1.82) is 0 Å². The first-order chi connectivity index (χ1) is 21.1. The van der Waals surface area contributed by atoms with Crippen LogP contribution in [0.3, 0.4) is 0 Å². The molecular formula is C33H45N7O3. The summed E-state index contributed by atoms with van der Waals surface area (Å²) < 4.78 is 10.7. The van der Waals surface area contributed by atoms with Crippen molar-refractivity contribution in [2.45, 2.75) is 71.6 Å². The Labute approximate surface area is 254 Å². The van der Waals surface area contributed by atoms with E-state index in [0.717, 1.165) is 54.1 Å². The van der Waals surface area contributed by atoms with Crippen LogP contribution in [0.4, 0.5) is 5.69 Å². The number of aromatic nitrogens is 4. The summed E-state index contributed by atoms with van der Waals surface area (Å²) in [5.74, 6) is 1.59. The summed E-state index contributed by atoms with van der Waals surface area (Å²) in [6, 6.07) is 11.8. The molecule has 0 fully saturated rings. The van der Waals surface area contributed by atoms with Crippen molar-refractivity contribution in [3.63, 3.8) is 0 Å². The van der Waals surface area contributed by atoms with E-state index in [1.54, 1.807) is 19.5 Å². The molecule has 0 aliphatic rings. The van der Waals surface area contributed by atoms with Crippen LogP contribution in [0.5, 0.6) is 0 Å². The lowest BCUT2D eigenvalue weighted by molar-refractivity contribution is -0.0382. The zero-order chi connectivity index (χ0) is 30.4. The van der Waals surface area contributed by atoms with Crippen LogP contribution in [0.25, 0.3) is 0 Å². The molecular weight excluding hydrogens is 542 g/mol. The number of ether oxygens (including phenoxy) is 2. The number of benzene rings is 2. The second kappa shape index (κ2) is 16.7. The first kappa shape index (κ1) is 32.1. The molecule has 0 spiro atoms. The summed E-state index contributed by atoms with van der Waals surface area (Å²) in [7, 11) is 1.61. The number of carbonyl (C=O) groups is 1. The van der Waals surface area contributed by atoms with E-state index < -0.39 is 0 Å². The number of nitrogens with one attached hydrogen (secondary N) is 3. The molecule has 4 aromatic rings. The number of nitrogens with two attached hydrogens (primary N) is 1. The average Bonchev–Trinajstić information content (AvgIpc) is 3.74. The number of H-pyrrole nitrogens is 2. The molecule has 2 aromatic heterocycles. The average molecular weight is 588 g/mol. The van der Waals surface area contributed by atoms with E-state index in [-0.39, 0.29) is 18.7 Å². The molecule has 0 radical (unpaired) electrons. The predicted molar refractivity (Wildman–Crippen MR) is 168 cm³/mol. The van der Waals surface area contributed by atoms with Gasteiger partial charge in [0.2, 0.25) is 0 Å². The van der Waals surface area contributed by atoms with Gasteiger partial charge in [0.25, 0.3) is 5.91 Å². The quantitative estimate of drug-likeness (QED) is 0.0892. The van der Waals surface area contributed by atoms with E-state index in [1.165, 1.54) is 11.1 Å². The normalized spacial score (nSPS) is 12.1. The Morgan fingerprint density at radius 3 is 2.37 bits per heavy atom. The third-order valence-electron chi connectivity index (χ3n) is 7.52. The fourth-order valence-electron chi connectivity index (χ4n) is 5.48. The van der Waals surface area contributed by atoms with Crippen LogP contribution in [0.1, 0.15) is 83.4 Å². The minimum atomic E-state index is -0.122. The third kappa shape index (κ3) is 8.84. The summed E-state index contributed by atoms with van der Waals surface area (Å²) in [5.41, 5.74) is 12.2. The molecule has 0 bridgehead atoms. The molecule has 0 aliphatic heterocycles. The number of imidazole rings is 2. The molecule has 0 aliphatic carbocycles. The number of rotatable bonds is 18. The van der Waals surface area contributed by atoms with Gasteiger partial charge in [-0.15, -0.1) is 0 Å². The maximum absolute atomic E-state index is 13.4. The van der Waals surface area contributed by atoms with E-state index in [1.807, 2.05) is 48.8 Å². The molecule has 0 saturated heterocycles. The molecule has 1 atom stereocenters. The van der Waals surface area contributed by atoms with Crippen LogP contribution in [-0.2, 0) is 41.9 Å². The predicted octanol–water partition coefficient (Wildman–Crippen LogP) is 5.50. The Hall–Kier alpha value is -3.83. The molecule has 2 aromatic carbocycles. The molecule has 1 unspecified atom stereocenters. The van der Waals surface area contributed by atoms with Crippen molar-refractivity contribution in [2.75, 3.05) is 25.8 Å². The summed E-state index contributed by atoms with van der Waals surface area (Å²) in [5, 5.41) is 3.18. The monoisotopic (exact) mass is 587 g/mol. The second-order valence-electron chi connectivity index (χ2n) is 10.6. The highest BCUT2D eigenvalue weighted by Crippen LogP contribution is 2.28. The van der Waals surface area contributed by atoms with Crippen molar-refractivity contribution >= 4 is 11.6 Å². The zero-order valence-electron chi connectivity index (χ0n) is 25.6. The number of aromatic amines is 2. The van der Waals surface area contributed by atoms with E-state index in [0.29, 0.717) is 38.2 Å². The van der Waals surface area contributed by atoms with Gasteiger partial charge in [-0.2, -0.15) is 0 Å². The van der Waals surface area contributed by atoms with Gasteiger partial charge in [-0.1, -0.05) is 44.9 Å². The number of amides is 1. The minimum Gasteiger partial charge on any atom is -0.359 e. The van der Waals surface area contributed by atoms with Gasteiger partial charge in [0.05, 0.1) is 19.2 Å². The van der Waals surface area contributed by atoms with Crippen LogP contribution >= 0.6 is 0 Å². The topological polar surface area (TPSA) is 134 Å². The molecule has 43 heavy (non-hydrogen) atoms. The first-order valence-electron chi connectivity index (χ1n) is 15.1. The van der Waals surface area contributed by atoms with Crippen LogP contribution < -0.4 is 11.1 Å². The number of hydrogen-bond acceptors (Lipinski definition) is 7. The highest BCUT2D eigenvalue weighted by molar-refractivity contribution is 6.04. The second-order valence-corrected chi connectivity index (χ2v) is 10.6. The Morgan fingerprint density at radius 2 is 1.72 bits per heavy atom. The Morgan fingerprint density at radius 1 is 0.977 bits per heavy atom. The molecule has 2 heterocycles. The molecule has 0 saturated carbocycles. The summed E-state index contributed by atoms with van der Waals surface area (Å²) in [6.07, 6.45) is 11.8. The van der Waals surface area contributed by atoms with Gasteiger partial charge in [0, 0.05) is 56.2 Å². The van der Waals surface area contributed by atoms with E-state index >= 15 is 0 Å². The third-order valence-corrected chi connectivity index (χ3v) is 7.52. The van der Waals surface area contributed by atoms with Gasteiger partial charge in [-0.05, 0) is 59.7 Å². The standard InChI is InChI=1S/C33H45N7O3/c1-4-6-27-26(20-34)12-13-29(28(27)7-5-2)39-33(41)25-10-8-24(9-11-25)21-40(22-31-35-15-16-36-31)30(14-19-43-23-42-3)32-37-17-18-38-32/h8-13,15-18,30H,4-7,14,19-23,34H2,1-3H3,(H,35,36)(H,37,38)(H,39,41). The molecule has 4 rings (SSSR count). The Balaban J connectivity index is 1.52. The fraction of sp³-hybridized carbons (Fsp3) is 0.424. The number of carbonyl (C=O) groups excluding carboxylic acids is 1. The smallest absolute Gasteiger partial charge is 0.255 e.